The maximum absolute atomic E-state index is 6.05. The maximum atomic E-state index is 6.05. The van der Waals surface area contributed by atoms with Crippen LogP contribution in [0.25, 0.3) is 0 Å². The largest absolute Gasteiger partial charge is 0.310 e. The zero-order valence-corrected chi connectivity index (χ0v) is 9.12. The quantitative estimate of drug-likeness (QED) is 0.671. The second kappa shape index (κ2) is 3.97. The Kier molecular flexibility index (Phi) is 3.42. The number of halogens is 1. The first-order valence-corrected chi connectivity index (χ1v) is 5.35. The van der Waals surface area contributed by atoms with Crippen LogP contribution in [0.2, 0.25) is 0 Å². The van der Waals surface area contributed by atoms with Crippen molar-refractivity contribution >= 4 is 11.6 Å². The van der Waals surface area contributed by atoms with E-state index >= 15 is 0 Å². The number of nitrogens with one attached hydrogen (secondary N) is 1. The van der Waals surface area contributed by atoms with Crippen molar-refractivity contribution in [3.8, 4) is 0 Å². The minimum Gasteiger partial charge on any atom is -0.310 e. The third-order valence-electron chi connectivity index (χ3n) is 3.07. The lowest BCUT2D eigenvalue weighted by atomic mass is 9.84. The molecule has 0 saturated heterocycles. The van der Waals surface area contributed by atoms with Gasteiger partial charge in [0.15, 0.2) is 0 Å². The first-order valence-electron chi connectivity index (χ1n) is 4.91. The van der Waals surface area contributed by atoms with Crippen LogP contribution in [0.15, 0.2) is 0 Å². The van der Waals surface area contributed by atoms with E-state index in [2.05, 4.69) is 26.1 Å². The van der Waals surface area contributed by atoms with Gasteiger partial charge in [-0.15, -0.1) is 11.6 Å². The van der Waals surface area contributed by atoms with Gasteiger partial charge in [0.2, 0.25) is 0 Å². The molecule has 0 bridgehead atoms. The van der Waals surface area contributed by atoms with Crippen LogP contribution in [0.4, 0.5) is 0 Å². The van der Waals surface area contributed by atoms with Crippen molar-refractivity contribution in [1.29, 1.82) is 0 Å². The van der Waals surface area contributed by atoms with Gasteiger partial charge in [-0.2, -0.15) is 0 Å². The molecular formula is C10H20ClN. The smallest absolute Gasteiger partial charge is 0.0484 e. The molecule has 1 atom stereocenters. The predicted octanol–water partition coefficient (Wildman–Crippen LogP) is 2.78. The van der Waals surface area contributed by atoms with Crippen molar-refractivity contribution in [3.05, 3.63) is 0 Å². The second-order valence-corrected chi connectivity index (χ2v) is 5.17. The molecule has 72 valence electrons. The van der Waals surface area contributed by atoms with Crippen LogP contribution in [-0.2, 0) is 0 Å². The standard InChI is InChI=1S/C10H20ClN/c1-8(11)10(2,3)12-7-9-5-4-6-9/h8-9,12H,4-7H2,1-3H3. The summed E-state index contributed by atoms with van der Waals surface area (Å²) in [5.41, 5.74) is 0.0805. The van der Waals surface area contributed by atoms with Crippen LogP contribution < -0.4 is 5.32 Å². The fourth-order valence-corrected chi connectivity index (χ4v) is 1.32. The SMILES string of the molecule is CC(Cl)C(C)(C)NCC1CCC1. The highest BCUT2D eigenvalue weighted by Crippen LogP contribution is 2.26. The van der Waals surface area contributed by atoms with Crippen LogP contribution in [0, 0.1) is 5.92 Å². The van der Waals surface area contributed by atoms with Gasteiger partial charge in [-0.3, -0.25) is 0 Å². The van der Waals surface area contributed by atoms with Crippen molar-refractivity contribution in [3.63, 3.8) is 0 Å². The lowest BCUT2D eigenvalue weighted by Crippen LogP contribution is -2.48. The Morgan fingerprint density at radius 1 is 1.50 bits per heavy atom. The monoisotopic (exact) mass is 189 g/mol. The van der Waals surface area contributed by atoms with Crippen LogP contribution in [0.5, 0.6) is 0 Å². The summed E-state index contributed by atoms with van der Waals surface area (Å²) < 4.78 is 0. The molecule has 1 aliphatic carbocycles. The highest BCUT2D eigenvalue weighted by Gasteiger charge is 2.26. The molecule has 0 spiro atoms. The van der Waals surface area contributed by atoms with Crippen molar-refractivity contribution in [2.45, 2.75) is 50.9 Å². The summed E-state index contributed by atoms with van der Waals surface area (Å²) in [5, 5.41) is 3.72. The molecule has 1 aliphatic rings. The molecule has 0 aromatic rings. The van der Waals surface area contributed by atoms with Crippen molar-refractivity contribution in [2.24, 2.45) is 5.92 Å². The lowest BCUT2D eigenvalue weighted by Gasteiger charge is -2.34. The summed E-state index contributed by atoms with van der Waals surface area (Å²) >= 11 is 6.05. The average molecular weight is 190 g/mol. The van der Waals surface area contributed by atoms with Gasteiger partial charge in [-0.1, -0.05) is 6.42 Å². The first-order chi connectivity index (χ1) is 5.52. The number of hydrogen-bond acceptors (Lipinski definition) is 1. The molecule has 12 heavy (non-hydrogen) atoms. The second-order valence-electron chi connectivity index (χ2n) is 4.52. The van der Waals surface area contributed by atoms with Gasteiger partial charge >= 0.3 is 0 Å². The highest BCUT2D eigenvalue weighted by atomic mass is 35.5. The Balaban J connectivity index is 2.19. The molecule has 0 aromatic carbocycles. The fraction of sp³-hybridized carbons (Fsp3) is 1.00. The summed E-state index contributed by atoms with van der Waals surface area (Å²) in [5.74, 6) is 0.916. The predicted molar refractivity (Wildman–Crippen MR) is 54.7 cm³/mol. The van der Waals surface area contributed by atoms with E-state index in [4.69, 9.17) is 11.6 Å². The Morgan fingerprint density at radius 3 is 2.42 bits per heavy atom. The summed E-state index contributed by atoms with van der Waals surface area (Å²) in [6, 6.07) is 0. The molecule has 1 saturated carbocycles. The molecule has 2 heteroatoms. The van der Waals surface area contributed by atoms with Crippen LogP contribution in [-0.4, -0.2) is 17.5 Å². The van der Waals surface area contributed by atoms with Gasteiger partial charge in [0, 0.05) is 10.9 Å². The number of alkyl halides is 1. The van der Waals surface area contributed by atoms with Gasteiger partial charge < -0.3 is 5.32 Å². The third-order valence-corrected chi connectivity index (χ3v) is 3.61. The van der Waals surface area contributed by atoms with E-state index in [0.717, 1.165) is 12.5 Å². The fourth-order valence-electron chi connectivity index (χ4n) is 1.24. The summed E-state index contributed by atoms with van der Waals surface area (Å²) in [6.07, 6.45) is 4.22. The Morgan fingerprint density at radius 2 is 2.08 bits per heavy atom. The summed E-state index contributed by atoms with van der Waals surface area (Å²) in [4.78, 5) is 0. The van der Waals surface area contributed by atoms with E-state index in [1.165, 1.54) is 19.3 Å². The maximum Gasteiger partial charge on any atom is 0.0484 e. The van der Waals surface area contributed by atoms with Crippen molar-refractivity contribution < 1.29 is 0 Å². The van der Waals surface area contributed by atoms with E-state index < -0.39 is 0 Å². The van der Waals surface area contributed by atoms with Crippen LogP contribution in [0.3, 0.4) is 0 Å². The van der Waals surface area contributed by atoms with E-state index in [1.807, 2.05) is 0 Å². The number of hydrogen-bond donors (Lipinski definition) is 1. The Bertz CT molecular complexity index is 139. The summed E-state index contributed by atoms with van der Waals surface area (Å²) in [7, 11) is 0. The highest BCUT2D eigenvalue weighted by molar-refractivity contribution is 6.21. The average Bonchev–Trinajstić information content (AvgIpc) is 1.83. The van der Waals surface area contributed by atoms with Gasteiger partial charge in [0.25, 0.3) is 0 Å². The molecule has 1 unspecified atom stereocenters. The van der Waals surface area contributed by atoms with Gasteiger partial charge in [-0.25, -0.2) is 0 Å². The van der Waals surface area contributed by atoms with E-state index in [-0.39, 0.29) is 10.9 Å². The Hall–Kier alpha value is 0.250. The zero-order valence-electron chi connectivity index (χ0n) is 8.36. The normalized spacial score (nSPS) is 22.0. The zero-order chi connectivity index (χ0) is 9.19. The minimum absolute atomic E-state index is 0.0805. The van der Waals surface area contributed by atoms with Crippen molar-refractivity contribution in [2.75, 3.05) is 6.54 Å². The van der Waals surface area contributed by atoms with Crippen molar-refractivity contribution in [1.82, 2.24) is 5.32 Å². The van der Waals surface area contributed by atoms with E-state index in [1.54, 1.807) is 0 Å². The molecule has 0 amide bonds. The third kappa shape index (κ3) is 2.63. The van der Waals surface area contributed by atoms with Gasteiger partial charge in [-0.05, 0) is 46.1 Å². The first kappa shape index (κ1) is 10.3. The lowest BCUT2D eigenvalue weighted by molar-refractivity contribution is 0.261. The van der Waals surface area contributed by atoms with Crippen LogP contribution >= 0.6 is 11.6 Å². The molecule has 1 nitrogen and oxygen atoms in total. The van der Waals surface area contributed by atoms with Gasteiger partial charge in [0.1, 0.15) is 0 Å². The van der Waals surface area contributed by atoms with E-state index in [0.29, 0.717) is 0 Å². The summed E-state index contributed by atoms with van der Waals surface area (Å²) in [6.45, 7) is 7.53. The molecule has 0 heterocycles. The molecular weight excluding hydrogens is 170 g/mol. The van der Waals surface area contributed by atoms with Gasteiger partial charge in [0.05, 0.1) is 0 Å². The minimum atomic E-state index is 0.0805. The topological polar surface area (TPSA) is 12.0 Å². The van der Waals surface area contributed by atoms with Crippen LogP contribution in [0.1, 0.15) is 40.0 Å². The molecule has 1 rings (SSSR count). The molecule has 0 radical (unpaired) electrons. The molecule has 1 fully saturated rings. The Labute approximate surface area is 80.9 Å². The molecule has 0 aromatic heterocycles. The molecule has 1 N–H and O–H groups in total. The van der Waals surface area contributed by atoms with E-state index in [9.17, 15) is 0 Å². The number of rotatable bonds is 4. The molecule has 0 aliphatic heterocycles.